The number of benzene rings is 1. The molecule has 8 nitrogen and oxygen atoms in total. The summed E-state index contributed by atoms with van der Waals surface area (Å²) in [5.74, 6) is 2.07. The van der Waals surface area contributed by atoms with E-state index in [0.29, 0.717) is 22.4 Å². The smallest absolute Gasteiger partial charge is 0.229 e. The maximum absolute atomic E-state index is 15.0. The Labute approximate surface area is 219 Å². The average molecular weight is 517 g/mol. The van der Waals surface area contributed by atoms with Gasteiger partial charge >= 0.3 is 0 Å². The Balaban J connectivity index is 1.09. The highest BCUT2D eigenvalue weighted by molar-refractivity contribution is 5.83. The molecular weight excluding hydrogens is 486 g/mol. The van der Waals surface area contributed by atoms with Crippen LogP contribution in [0.1, 0.15) is 30.8 Å². The summed E-state index contributed by atoms with van der Waals surface area (Å²) in [6.07, 6.45) is 4.73. The fourth-order valence-corrected chi connectivity index (χ4v) is 6.52. The number of aryl methyl sites for hydroxylation is 1. The molecule has 0 spiro atoms. The van der Waals surface area contributed by atoms with Gasteiger partial charge in [-0.2, -0.15) is 0 Å². The summed E-state index contributed by atoms with van der Waals surface area (Å²) in [5, 5.41) is 3.06. The molecule has 2 saturated heterocycles. The highest BCUT2D eigenvalue weighted by Crippen LogP contribution is 2.35. The first-order valence-electron chi connectivity index (χ1n) is 13.3. The van der Waals surface area contributed by atoms with Crippen LogP contribution in [0.5, 0.6) is 0 Å². The normalized spacial score (nSPS) is 23.3. The van der Waals surface area contributed by atoms with Gasteiger partial charge in [0, 0.05) is 56.9 Å². The minimum Gasteiger partial charge on any atom is -0.325 e. The van der Waals surface area contributed by atoms with Gasteiger partial charge in [0.1, 0.15) is 22.9 Å². The van der Waals surface area contributed by atoms with Gasteiger partial charge in [0.25, 0.3) is 0 Å². The van der Waals surface area contributed by atoms with Crippen molar-refractivity contribution in [3.63, 3.8) is 0 Å². The molecule has 3 aromatic heterocycles. The molecule has 2 fully saturated rings. The summed E-state index contributed by atoms with van der Waals surface area (Å²) in [4.78, 5) is 22.4. The summed E-state index contributed by atoms with van der Waals surface area (Å²) in [7, 11) is 2.20. The minimum atomic E-state index is -0.617. The zero-order chi connectivity index (χ0) is 26.0. The van der Waals surface area contributed by atoms with Crippen molar-refractivity contribution < 1.29 is 8.78 Å². The second-order valence-electron chi connectivity index (χ2n) is 11.1. The van der Waals surface area contributed by atoms with Crippen LogP contribution in [0, 0.1) is 23.5 Å². The molecule has 0 bridgehead atoms. The van der Waals surface area contributed by atoms with Crippen LogP contribution in [-0.4, -0.2) is 67.5 Å². The van der Waals surface area contributed by atoms with Crippen molar-refractivity contribution in [2.75, 3.05) is 38.5 Å². The molecule has 4 aromatic rings. The van der Waals surface area contributed by atoms with E-state index in [9.17, 15) is 8.78 Å². The quantitative estimate of drug-likeness (QED) is 0.421. The van der Waals surface area contributed by atoms with Crippen molar-refractivity contribution in [1.82, 2.24) is 34.3 Å². The standard InChI is InChI=1S/C28H30F2N8/c1-16-3-6-25-34-27-21(29)7-18(8-23(27)38(16)25)26-22(30)10-32-28(35-26)33-24-5-4-17(9-31-24)11-37-14-19-12-36(2)13-20(19)15-37/h4-5,7-10,16,19-20H,3,6,11-15H2,1-2H3,(H,31,32,33,35)/t16-,19?,20?/m1/s1. The van der Waals surface area contributed by atoms with Crippen LogP contribution in [0.4, 0.5) is 20.5 Å². The van der Waals surface area contributed by atoms with Crippen LogP contribution in [0.2, 0.25) is 0 Å². The Kier molecular flexibility index (Phi) is 5.63. The molecule has 0 radical (unpaired) electrons. The first-order valence-corrected chi connectivity index (χ1v) is 13.3. The number of aromatic nitrogens is 5. The van der Waals surface area contributed by atoms with Crippen molar-refractivity contribution in [2.45, 2.75) is 32.4 Å². The highest BCUT2D eigenvalue weighted by atomic mass is 19.1. The summed E-state index contributed by atoms with van der Waals surface area (Å²) >= 11 is 0. The lowest BCUT2D eigenvalue weighted by Gasteiger charge is -2.19. The van der Waals surface area contributed by atoms with Crippen LogP contribution in [0.25, 0.3) is 22.3 Å². The molecule has 10 heteroatoms. The van der Waals surface area contributed by atoms with Crippen LogP contribution in [0.3, 0.4) is 0 Å². The third-order valence-corrected chi connectivity index (χ3v) is 8.28. The van der Waals surface area contributed by atoms with Crippen LogP contribution < -0.4 is 5.32 Å². The van der Waals surface area contributed by atoms with Gasteiger partial charge in [-0.15, -0.1) is 0 Å². The van der Waals surface area contributed by atoms with Crippen molar-refractivity contribution in [1.29, 1.82) is 0 Å². The predicted molar refractivity (Wildman–Crippen MR) is 141 cm³/mol. The number of halogens is 2. The summed E-state index contributed by atoms with van der Waals surface area (Å²) in [6.45, 7) is 7.61. The van der Waals surface area contributed by atoms with E-state index in [2.05, 4.69) is 49.0 Å². The van der Waals surface area contributed by atoms with E-state index in [4.69, 9.17) is 0 Å². The molecular formula is C28H30F2N8. The van der Waals surface area contributed by atoms with Gasteiger partial charge in [0.2, 0.25) is 5.95 Å². The molecule has 6 heterocycles. The molecule has 0 amide bonds. The third kappa shape index (κ3) is 4.12. The molecule has 1 N–H and O–H groups in total. The van der Waals surface area contributed by atoms with Crippen LogP contribution in [0.15, 0.2) is 36.7 Å². The predicted octanol–water partition coefficient (Wildman–Crippen LogP) is 4.41. The molecule has 3 aliphatic heterocycles. The van der Waals surface area contributed by atoms with E-state index in [0.717, 1.165) is 61.9 Å². The van der Waals surface area contributed by atoms with Gasteiger partial charge in [0.05, 0.1) is 11.7 Å². The zero-order valence-corrected chi connectivity index (χ0v) is 21.5. The van der Waals surface area contributed by atoms with Crippen molar-refractivity contribution in [3.05, 3.63) is 59.7 Å². The van der Waals surface area contributed by atoms with Gasteiger partial charge < -0.3 is 14.8 Å². The molecule has 2 unspecified atom stereocenters. The maximum Gasteiger partial charge on any atom is 0.229 e. The Hall–Kier alpha value is -3.50. The topological polar surface area (TPSA) is 75.0 Å². The molecule has 0 saturated carbocycles. The van der Waals surface area contributed by atoms with Crippen molar-refractivity contribution in [2.24, 2.45) is 11.8 Å². The third-order valence-electron chi connectivity index (χ3n) is 8.28. The van der Waals surface area contributed by atoms with Crippen LogP contribution in [-0.2, 0) is 13.0 Å². The maximum atomic E-state index is 15.0. The number of pyridine rings is 1. The number of hydrogen-bond donors (Lipinski definition) is 1. The number of likely N-dealkylation sites (tertiary alicyclic amines) is 2. The first-order chi connectivity index (χ1) is 18.4. The van der Waals surface area contributed by atoms with Gasteiger partial charge in [-0.3, -0.25) is 4.90 Å². The lowest BCUT2D eigenvalue weighted by molar-refractivity contribution is 0.272. The molecule has 38 heavy (non-hydrogen) atoms. The fraction of sp³-hybridized carbons (Fsp3) is 0.429. The number of anilines is 2. The Bertz CT molecular complexity index is 1500. The van der Waals surface area contributed by atoms with Gasteiger partial charge in [-0.25, -0.2) is 28.7 Å². The second kappa shape index (κ2) is 9.06. The Morgan fingerprint density at radius 1 is 0.974 bits per heavy atom. The second-order valence-corrected chi connectivity index (χ2v) is 11.1. The highest BCUT2D eigenvalue weighted by Gasteiger charge is 2.38. The fourth-order valence-electron chi connectivity index (χ4n) is 6.52. The monoisotopic (exact) mass is 516 g/mol. The van der Waals surface area contributed by atoms with E-state index < -0.39 is 11.6 Å². The molecule has 3 aliphatic rings. The van der Waals surface area contributed by atoms with Crippen molar-refractivity contribution in [3.8, 4) is 11.3 Å². The number of hydrogen-bond acceptors (Lipinski definition) is 7. The Morgan fingerprint density at radius 3 is 2.55 bits per heavy atom. The SMILES string of the molecule is C[C@@H]1CCc2nc3c(F)cc(-c4nc(Nc5ccc(CN6CC7CN(C)CC7C6)cn5)ncc4F)cc3n21. The zero-order valence-electron chi connectivity index (χ0n) is 21.5. The van der Waals surface area contributed by atoms with Crippen molar-refractivity contribution >= 4 is 22.8 Å². The molecule has 0 aliphatic carbocycles. The Morgan fingerprint density at radius 2 is 1.79 bits per heavy atom. The minimum absolute atomic E-state index is 0.0337. The largest absolute Gasteiger partial charge is 0.325 e. The number of fused-ring (bicyclic) bond motifs is 4. The molecule has 7 rings (SSSR count). The van der Waals surface area contributed by atoms with E-state index in [1.807, 2.05) is 22.9 Å². The first kappa shape index (κ1) is 23.6. The van der Waals surface area contributed by atoms with Crippen LogP contribution >= 0.6 is 0 Å². The summed E-state index contributed by atoms with van der Waals surface area (Å²) in [6, 6.07) is 7.21. The van der Waals surface area contributed by atoms with Gasteiger partial charge in [-0.1, -0.05) is 6.07 Å². The number of nitrogens with one attached hydrogen (secondary N) is 1. The number of nitrogens with zero attached hydrogens (tertiary/aromatic N) is 7. The summed E-state index contributed by atoms with van der Waals surface area (Å²) in [5.41, 5.74) is 2.52. The molecule has 196 valence electrons. The summed E-state index contributed by atoms with van der Waals surface area (Å²) < 4.78 is 31.9. The van der Waals surface area contributed by atoms with E-state index in [1.165, 1.54) is 19.2 Å². The van der Waals surface area contributed by atoms with E-state index in [-0.39, 0.29) is 17.7 Å². The lowest BCUT2D eigenvalue weighted by Crippen LogP contribution is -2.26. The van der Waals surface area contributed by atoms with Gasteiger partial charge in [-0.05, 0) is 56.0 Å². The number of imidazole rings is 1. The van der Waals surface area contributed by atoms with E-state index in [1.54, 1.807) is 6.07 Å². The lowest BCUT2D eigenvalue weighted by atomic mass is 10.0. The van der Waals surface area contributed by atoms with Gasteiger partial charge in [0.15, 0.2) is 11.6 Å². The molecule has 1 aromatic carbocycles. The number of rotatable bonds is 5. The molecule has 3 atom stereocenters. The average Bonchev–Trinajstić information content (AvgIpc) is 3.63. The van der Waals surface area contributed by atoms with E-state index >= 15 is 0 Å².